The van der Waals surface area contributed by atoms with Crippen LogP contribution in [-0.4, -0.2) is 23.8 Å². The van der Waals surface area contributed by atoms with E-state index in [2.05, 4.69) is 46.6 Å². The Kier molecular flexibility index (Phi) is 2.75. The van der Waals surface area contributed by atoms with Crippen molar-refractivity contribution in [1.29, 1.82) is 0 Å². The number of hydroxylamine groups is 2. The van der Waals surface area contributed by atoms with Crippen LogP contribution in [0.3, 0.4) is 0 Å². The summed E-state index contributed by atoms with van der Waals surface area (Å²) in [6, 6.07) is 0. The molecule has 1 aliphatic rings. The van der Waals surface area contributed by atoms with E-state index in [9.17, 15) is 0 Å². The Bertz CT molecular complexity index is 156. The summed E-state index contributed by atoms with van der Waals surface area (Å²) in [6.45, 7) is 15.4. The minimum Gasteiger partial charge on any atom is -0.298 e. The zero-order chi connectivity index (χ0) is 10.3. The summed E-state index contributed by atoms with van der Waals surface area (Å²) < 4.78 is 0. The quantitative estimate of drug-likeness (QED) is 0.575. The smallest absolute Gasteiger partial charge is 0.0731 e. The molecule has 1 atom stereocenters. The minimum absolute atomic E-state index is 0.139. The highest BCUT2D eigenvalue weighted by Gasteiger charge is 2.37. The normalized spacial score (nSPS) is 26.8. The molecule has 1 heterocycles. The van der Waals surface area contributed by atoms with Crippen molar-refractivity contribution in [2.75, 3.05) is 13.2 Å². The van der Waals surface area contributed by atoms with Crippen LogP contribution in [0.4, 0.5) is 0 Å². The van der Waals surface area contributed by atoms with Crippen LogP contribution in [0, 0.1) is 11.3 Å². The lowest BCUT2D eigenvalue weighted by Gasteiger charge is -2.31. The predicted molar refractivity (Wildman–Crippen MR) is 55.4 cm³/mol. The summed E-state index contributed by atoms with van der Waals surface area (Å²) in [5.74, 6) is 0.659. The summed E-state index contributed by atoms with van der Waals surface area (Å²) in [4.78, 5) is 5.69. The molecule has 0 aromatic rings. The van der Waals surface area contributed by atoms with E-state index in [0.29, 0.717) is 11.3 Å². The average Bonchev–Trinajstić information content (AvgIpc) is 2.28. The second-order valence-corrected chi connectivity index (χ2v) is 6.09. The van der Waals surface area contributed by atoms with Crippen LogP contribution >= 0.6 is 0 Å². The number of hydrogen-bond acceptors (Lipinski definition) is 2. The Labute approximate surface area is 82.2 Å². The first-order valence-corrected chi connectivity index (χ1v) is 5.12. The predicted octanol–water partition coefficient (Wildman–Crippen LogP) is 2.69. The van der Waals surface area contributed by atoms with Crippen molar-refractivity contribution in [3.8, 4) is 0 Å². The molecule has 1 saturated heterocycles. The van der Waals surface area contributed by atoms with E-state index >= 15 is 0 Å². The summed E-state index contributed by atoms with van der Waals surface area (Å²) in [5, 5.41) is 2.11. The van der Waals surface area contributed by atoms with E-state index in [0.717, 1.165) is 13.2 Å². The molecule has 2 heteroatoms. The summed E-state index contributed by atoms with van der Waals surface area (Å²) >= 11 is 0. The van der Waals surface area contributed by atoms with Crippen molar-refractivity contribution in [3.05, 3.63) is 0 Å². The largest absolute Gasteiger partial charge is 0.298 e. The van der Waals surface area contributed by atoms with Crippen molar-refractivity contribution in [3.63, 3.8) is 0 Å². The van der Waals surface area contributed by atoms with Crippen molar-refractivity contribution >= 4 is 0 Å². The third-order valence-corrected chi connectivity index (χ3v) is 2.79. The van der Waals surface area contributed by atoms with Gasteiger partial charge in [0.2, 0.25) is 0 Å². The molecule has 1 unspecified atom stereocenters. The van der Waals surface area contributed by atoms with Crippen molar-refractivity contribution < 1.29 is 4.84 Å². The maximum absolute atomic E-state index is 5.69. The maximum atomic E-state index is 5.69. The van der Waals surface area contributed by atoms with Gasteiger partial charge in [0.05, 0.1) is 6.61 Å². The van der Waals surface area contributed by atoms with Gasteiger partial charge in [-0.15, -0.1) is 0 Å². The zero-order valence-corrected chi connectivity index (χ0v) is 9.85. The molecule has 0 aromatic carbocycles. The maximum Gasteiger partial charge on any atom is 0.0731 e. The van der Waals surface area contributed by atoms with Crippen LogP contribution in [0.5, 0.6) is 0 Å². The van der Waals surface area contributed by atoms with Gasteiger partial charge in [-0.2, -0.15) is 5.06 Å². The highest BCUT2D eigenvalue weighted by Crippen LogP contribution is 2.33. The molecule has 1 fully saturated rings. The molecule has 13 heavy (non-hydrogen) atoms. The van der Waals surface area contributed by atoms with Crippen LogP contribution in [0.15, 0.2) is 0 Å². The fraction of sp³-hybridized carbons (Fsp3) is 1.00. The fourth-order valence-electron chi connectivity index (χ4n) is 1.48. The highest BCUT2D eigenvalue weighted by molar-refractivity contribution is 4.83. The Hall–Kier alpha value is -0.0800. The third-order valence-electron chi connectivity index (χ3n) is 2.79. The van der Waals surface area contributed by atoms with Gasteiger partial charge >= 0.3 is 0 Å². The molecule has 1 aliphatic heterocycles. The lowest BCUT2D eigenvalue weighted by molar-refractivity contribution is -0.166. The first-order chi connectivity index (χ1) is 5.71. The SMILES string of the molecule is CC(C)(C)C1CON(C(C)(C)C)C1. The van der Waals surface area contributed by atoms with Crippen LogP contribution in [0.1, 0.15) is 41.5 Å². The Morgan fingerprint density at radius 3 is 1.85 bits per heavy atom. The second kappa shape index (κ2) is 3.25. The van der Waals surface area contributed by atoms with E-state index in [1.807, 2.05) is 0 Å². The second-order valence-electron chi connectivity index (χ2n) is 6.09. The molecular formula is C11H23NO. The molecule has 0 aromatic heterocycles. The molecule has 0 spiro atoms. The van der Waals surface area contributed by atoms with Gasteiger partial charge in [0.15, 0.2) is 0 Å². The van der Waals surface area contributed by atoms with Crippen molar-refractivity contribution in [1.82, 2.24) is 5.06 Å². The first-order valence-electron chi connectivity index (χ1n) is 5.12. The van der Waals surface area contributed by atoms with Gasteiger partial charge in [-0.05, 0) is 26.2 Å². The first kappa shape index (κ1) is 11.0. The van der Waals surface area contributed by atoms with Crippen LogP contribution in [-0.2, 0) is 4.84 Å². The van der Waals surface area contributed by atoms with E-state index in [-0.39, 0.29) is 5.54 Å². The molecule has 0 aliphatic carbocycles. The van der Waals surface area contributed by atoms with Crippen LogP contribution in [0.2, 0.25) is 0 Å². The number of hydrogen-bond donors (Lipinski definition) is 0. The summed E-state index contributed by atoms with van der Waals surface area (Å²) in [7, 11) is 0. The molecule has 1 rings (SSSR count). The number of rotatable bonds is 0. The minimum atomic E-state index is 0.139. The molecule has 0 radical (unpaired) electrons. The van der Waals surface area contributed by atoms with Crippen LogP contribution < -0.4 is 0 Å². The molecule has 0 amide bonds. The van der Waals surface area contributed by atoms with Crippen molar-refractivity contribution in [2.24, 2.45) is 11.3 Å². The van der Waals surface area contributed by atoms with E-state index in [1.165, 1.54) is 0 Å². The van der Waals surface area contributed by atoms with E-state index in [4.69, 9.17) is 4.84 Å². The Balaban J connectivity index is 2.55. The van der Waals surface area contributed by atoms with Gasteiger partial charge in [-0.1, -0.05) is 20.8 Å². The topological polar surface area (TPSA) is 12.5 Å². The summed E-state index contributed by atoms with van der Waals surface area (Å²) in [5.41, 5.74) is 0.500. The lowest BCUT2D eigenvalue weighted by atomic mass is 9.81. The number of nitrogens with zero attached hydrogens (tertiary/aromatic N) is 1. The molecular weight excluding hydrogens is 162 g/mol. The average molecular weight is 185 g/mol. The van der Waals surface area contributed by atoms with Crippen molar-refractivity contribution in [2.45, 2.75) is 47.1 Å². The van der Waals surface area contributed by atoms with Gasteiger partial charge < -0.3 is 0 Å². The lowest BCUT2D eigenvalue weighted by Crippen LogP contribution is -2.39. The van der Waals surface area contributed by atoms with Gasteiger partial charge in [-0.3, -0.25) is 4.84 Å². The highest BCUT2D eigenvalue weighted by atomic mass is 16.7. The molecule has 2 nitrogen and oxygen atoms in total. The zero-order valence-electron chi connectivity index (χ0n) is 9.85. The van der Waals surface area contributed by atoms with Crippen LogP contribution in [0.25, 0.3) is 0 Å². The van der Waals surface area contributed by atoms with E-state index < -0.39 is 0 Å². The Morgan fingerprint density at radius 1 is 1.08 bits per heavy atom. The summed E-state index contributed by atoms with van der Waals surface area (Å²) in [6.07, 6.45) is 0. The van der Waals surface area contributed by atoms with Gasteiger partial charge in [0, 0.05) is 18.0 Å². The van der Waals surface area contributed by atoms with E-state index in [1.54, 1.807) is 0 Å². The molecule has 0 bridgehead atoms. The molecule has 0 saturated carbocycles. The Morgan fingerprint density at radius 2 is 1.62 bits per heavy atom. The van der Waals surface area contributed by atoms with Gasteiger partial charge in [0.25, 0.3) is 0 Å². The monoisotopic (exact) mass is 185 g/mol. The molecule has 78 valence electrons. The standard InChI is InChI=1S/C11H23NO/c1-10(2,3)9-7-12(13-8-9)11(4,5)6/h9H,7-8H2,1-6H3. The molecule has 0 N–H and O–H groups in total. The van der Waals surface area contributed by atoms with Gasteiger partial charge in [-0.25, -0.2) is 0 Å². The van der Waals surface area contributed by atoms with Gasteiger partial charge in [0.1, 0.15) is 0 Å². The third kappa shape index (κ3) is 2.68. The fourth-order valence-corrected chi connectivity index (χ4v) is 1.48.